The summed E-state index contributed by atoms with van der Waals surface area (Å²) < 4.78 is 0. The van der Waals surface area contributed by atoms with Crippen molar-refractivity contribution in [1.82, 2.24) is 25.7 Å². The van der Waals surface area contributed by atoms with Crippen molar-refractivity contribution in [2.45, 2.75) is 57.9 Å². The molecule has 0 aliphatic carbocycles. The minimum Gasteiger partial charge on any atom is -0.364 e. The Morgan fingerprint density at radius 1 is 1.27 bits per heavy atom. The number of amides is 3. The number of H-pyrrole nitrogens is 1. The lowest BCUT2D eigenvalue weighted by Gasteiger charge is -2.29. The van der Waals surface area contributed by atoms with Crippen LogP contribution in [0.15, 0.2) is 18.2 Å². The predicted octanol–water partition coefficient (Wildman–Crippen LogP) is 1.12. The Labute approximate surface area is 173 Å². The molecule has 2 aromatic rings. The van der Waals surface area contributed by atoms with Gasteiger partial charge in [-0.05, 0) is 37.5 Å². The largest absolute Gasteiger partial charge is 0.364 e. The Hall–Kier alpha value is -3.20. The van der Waals surface area contributed by atoms with Gasteiger partial charge in [-0.2, -0.15) is 5.10 Å². The van der Waals surface area contributed by atoms with E-state index in [0.717, 1.165) is 34.7 Å². The molecular weight excluding hydrogens is 384 g/mol. The summed E-state index contributed by atoms with van der Waals surface area (Å²) in [4.78, 5) is 38.1. The first-order valence-electron chi connectivity index (χ1n) is 10.2. The van der Waals surface area contributed by atoms with Crippen LogP contribution < -0.4 is 16.0 Å². The number of piperidine rings is 1. The van der Waals surface area contributed by atoms with Crippen molar-refractivity contribution in [3.8, 4) is 0 Å². The highest BCUT2D eigenvalue weighted by atomic mass is 16.2. The lowest BCUT2D eigenvalue weighted by atomic mass is 10.0. The molecule has 4 heterocycles. The van der Waals surface area contributed by atoms with Gasteiger partial charge in [0, 0.05) is 37.2 Å². The average molecular weight is 408 g/mol. The first-order valence-corrected chi connectivity index (χ1v) is 10.2. The fourth-order valence-corrected chi connectivity index (χ4v) is 4.50. The van der Waals surface area contributed by atoms with Crippen LogP contribution in [-0.2, 0) is 34.8 Å². The molecular formula is C21H24N6O3. The summed E-state index contributed by atoms with van der Waals surface area (Å²) in [5.41, 5.74) is 4.60. The number of fused-ring (bicyclic) bond motifs is 2. The van der Waals surface area contributed by atoms with E-state index in [4.69, 9.17) is 0 Å². The molecule has 4 N–H and O–H groups in total. The van der Waals surface area contributed by atoms with E-state index >= 15 is 0 Å². The van der Waals surface area contributed by atoms with Gasteiger partial charge >= 0.3 is 0 Å². The topological polar surface area (TPSA) is 119 Å². The van der Waals surface area contributed by atoms with Crippen molar-refractivity contribution in [1.29, 1.82) is 0 Å². The summed E-state index contributed by atoms with van der Waals surface area (Å²) in [7, 11) is 0. The van der Waals surface area contributed by atoms with Crippen LogP contribution in [0.25, 0.3) is 0 Å². The zero-order valence-corrected chi connectivity index (χ0v) is 17.0. The number of hydrogen-bond donors (Lipinski definition) is 4. The van der Waals surface area contributed by atoms with Crippen LogP contribution in [0, 0.1) is 0 Å². The molecule has 3 amide bonds. The van der Waals surface area contributed by atoms with Gasteiger partial charge in [0.15, 0.2) is 5.82 Å². The summed E-state index contributed by atoms with van der Waals surface area (Å²) in [6.07, 6.45) is 0.624. The zero-order chi connectivity index (χ0) is 21.0. The average Bonchev–Trinajstić information content (AvgIpc) is 3.35. The first-order chi connectivity index (χ1) is 14.3. The fraction of sp³-hybridized carbons (Fsp3) is 0.429. The molecule has 1 aromatic carbocycles. The third-order valence-corrected chi connectivity index (χ3v) is 6.25. The molecule has 9 heteroatoms. The van der Waals surface area contributed by atoms with Gasteiger partial charge in [0.2, 0.25) is 11.8 Å². The van der Waals surface area contributed by atoms with E-state index in [0.29, 0.717) is 25.1 Å². The monoisotopic (exact) mass is 408 g/mol. The van der Waals surface area contributed by atoms with Gasteiger partial charge in [-0.25, -0.2) is 0 Å². The Morgan fingerprint density at radius 3 is 2.90 bits per heavy atom. The first kappa shape index (κ1) is 18.8. The molecule has 0 spiro atoms. The summed E-state index contributed by atoms with van der Waals surface area (Å²) in [5.74, 6) is -0.0107. The van der Waals surface area contributed by atoms with Gasteiger partial charge in [0.25, 0.3) is 5.91 Å². The molecule has 1 unspecified atom stereocenters. The number of hydrogen-bond acceptors (Lipinski definition) is 6. The molecule has 1 fully saturated rings. The number of aromatic amines is 1. The van der Waals surface area contributed by atoms with Crippen molar-refractivity contribution in [3.05, 3.63) is 46.1 Å². The number of benzene rings is 1. The molecule has 9 nitrogen and oxygen atoms in total. The van der Waals surface area contributed by atoms with Gasteiger partial charge in [0.1, 0.15) is 6.04 Å². The molecule has 1 aromatic heterocycles. The molecule has 0 bridgehead atoms. The van der Waals surface area contributed by atoms with Crippen LogP contribution in [0.3, 0.4) is 0 Å². The van der Waals surface area contributed by atoms with Crippen molar-refractivity contribution in [2.75, 3.05) is 5.32 Å². The van der Waals surface area contributed by atoms with Gasteiger partial charge in [-0.15, -0.1) is 0 Å². The number of nitrogens with one attached hydrogen (secondary N) is 4. The minimum absolute atomic E-state index is 0.123. The standard InChI is InChI=1S/C21H24N6O3/c1-21(2)17-14(9-23-21)18(26-25-17)22-8-11-3-4-12-10-27(20(30)13(12)7-11)15-5-6-16(28)24-19(15)29/h3-4,7,15,23H,5-6,8-10H2,1-2H3,(H2,22,25,26)(H,24,28,29). The van der Waals surface area contributed by atoms with Crippen molar-refractivity contribution < 1.29 is 14.4 Å². The van der Waals surface area contributed by atoms with Crippen molar-refractivity contribution in [2.24, 2.45) is 0 Å². The summed E-state index contributed by atoms with van der Waals surface area (Å²) in [6.45, 7) is 5.91. The second-order valence-electron chi connectivity index (χ2n) is 8.65. The van der Waals surface area contributed by atoms with E-state index < -0.39 is 11.9 Å². The van der Waals surface area contributed by atoms with E-state index in [-0.39, 0.29) is 23.8 Å². The second-order valence-corrected chi connectivity index (χ2v) is 8.65. The number of carbonyl (C=O) groups is 3. The molecule has 30 heavy (non-hydrogen) atoms. The third kappa shape index (κ3) is 2.97. The molecule has 0 saturated carbocycles. The smallest absolute Gasteiger partial charge is 0.255 e. The summed E-state index contributed by atoms with van der Waals surface area (Å²) in [6, 6.07) is 5.22. The quantitative estimate of drug-likeness (QED) is 0.563. The van der Waals surface area contributed by atoms with Crippen LogP contribution in [0.5, 0.6) is 0 Å². The van der Waals surface area contributed by atoms with Gasteiger partial charge in [-0.1, -0.05) is 12.1 Å². The number of carbonyl (C=O) groups excluding carboxylic acids is 3. The molecule has 156 valence electrons. The zero-order valence-electron chi connectivity index (χ0n) is 17.0. The van der Waals surface area contributed by atoms with E-state index in [1.165, 1.54) is 0 Å². The maximum absolute atomic E-state index is 12.9. The molecule has 1 saturated heterocycles. The van der Waals surface area contributed by atoms with Crippen LogP contribution in [0.4, 0.5) is 5.82 Å². The normalized spacial score (nSPS) is 22.1. The highest BCUT2D eigenvalue weighted by molar-refractivity contribution is 6.05. The minimum atomic E-state index is -0.591. The van der Waals surface area contributed by atoms with Gasteiger partial charge in [-0.3, -0.25) is 24.8 Å². The number of anilines is 1. The van der Waals surface area contributed by atoms with E-state index in [1.807, 2.05) is 18.2 Å². The van der Waals surface area contributed by atoms with Crippen molar-refractivity contribution >= 4 is 23.5 Å². The Kier molecular flexibility index (Phi) is 4.18. The number of nitrogens with zero attached hydrogens (tertiary/aromatic N) is 2. The molecule has 0 radical (unpaired) electrons. The lowest BCUT2D eigenvalue weighted by Crippen LogP contribution is -2.52. The maximum atomic E-state index is 12.9. The number of imide groups is 1. The SMILES string of the molecule is CC1(C)NCc2c(NCc3ccc4c(c3)C(=O)N(C3CCC(=O)NC3=O)C4)n[nH]c21. The van der Waals surface area contributed by atoms with Crippen LogP contribution in [-0.4, -0.2) is 38.9 Å². The maximum Gasteiger partial charge on any atom is 0.255 e. The fourth-order valence-electron chi connectivity index (χ4n) is 4.50. The molecule has 5 rings (SSSR count). The Bertz CT molecular complexity index is 1070. The second kappa shape index (κ2) is 6.66. The van der Waals surface area contributed by atoms with Gasteiger partial charge in [0.05, 0.1) is 11.2 Å². The molecule has 3 aliphatic heterocycles. The number of aromatic nitrogens is 2. The summed E-state index contributed by atoms with van der Waals surface area (Å²) in [5, 5.41) is 16.7. The molecule has 3 aliphatic rings. The Balaban J connectivity index is 1.30. The van der Waals surface area contributed by atoms with Crippen LogP contribution in [0.2, 0.25) is 0 Å². The van der Waals surface area contributed by atoms with Gasteiger partial charge < -0.3 is 15.5 Å². The van der Waals surface area contributed by atoms with Crippen LogP contribution >= 0.6 is 0 Å². The van der Waals surface area contributed by atoms with Crippen molar-refractivity contribution in [3.63, 3.8) is 0 Å². The highest BCUT2D eigenvalue weighted by Crippen LogP contribution is 2.33. The highest BCUT2D eigenvalue weighted by Gasteiger charge is 2.39. The van der Waals surface area contributed by atoms with Crippen LogP contribution in [0.1, 0.15) is 59.4 Å². The predicted molar refractivity (Wildman–Crippen MR) is 108 cm³/mol. The third-order valence-electron chi connectivity index (χ3n) is 6.25. The summed E-state index contributed by atoms with van der Waals surface area (Å²) >= 11 is 0. The molecule has 1 atom stereocenters. The number of rotatable bonds is 4. The van der Waals surface area contributed by atoms with E-state index in [9.17, 15) is 14.4 Å². The van der Waals surface area contributed by atoms with E-state index in [1.54, 1.807) is 4.90 Å². The lowest BCUT2D eigenvalue weighted by molar-refractivity contribution is -0.136. The van der Waals surface area contributed by atoms with E-state index in [2.05, 4.69) is 40.0 Å². The Morgan fingerprint density at radius 2 is 2.10 bits per heavy atom.